The van der Waals surface area contributed by atoms with Crippen molar-refractivity contribution in [2.24, 2.45) is 5.41 Å². The average Bonchev–Trinajstić information content (AvgIpc) is 2.92. The van der Waals surface area contributed by atoms with E-state index in [-0.39, 0.29) is 12.1 Å². The maximum atomic E-state index is 11.7. The lowest BCUT2D eigenvalue weighted by molar-refractivity contribution is -0.142. The lowest BCUT2D eigenvalue weighted by atomic mass is 9.87. The van der Waals surface area contributed by atoms with Crippen LogP contribution in [0.1, 0.15) is 33.6 Å². The summed E-state index contributed by atoms with van der Waals surface area (Å²) in [6.07, 6.45) is 2.02. The molecule has 1 aliphatic carbocycles. The minimum Gasteiger partial charge on any atom is -0.480 e. The summed E-state index contributed by atoms with van der Waals surface area (Å²) in [6.45, 7) is 5.38. The zero-order chi connectivity index (χ0) is 12.5. The van der Waals surface area contributed by atoms with Crippen molar-refractivity contribution in [1.29, 1.82) is 0 Å². The van der Waals surface area contributed by atoms with Gasteiger partial charge in [-0.05, 0) is 18.3 Å². The fourth-order valence-electron chi connectivity index (χ4n) is 1.50. The van der Waals surface area contributed by atoms with Crippen LogP contribution in [0.25, 0.3) is 0 Å². The van der Waals surface area contributed by atoms with Gasteiger partial charge < -0.3 is 15.3 Å². The highest BCUT2D eigenvalue weighted by Gasteiger charge is 2.36. The minimum absolute atomic E-state index is 0.286. The van der Waals surface area contributed by atoms with E-state index in [1.165, 1.54) is 0 Å². The first-order valence-electron chi connectivity index (χ1n) is 5.49. The molecule has 0 heterocycles. The molecular formula is C11H20N2O3. The van der Waals surface area contributed by atoms with Crippen LogP contribution < -0.4 is 5.32 Å². The minimum atomic E-state index is -0.995. The third-order valence-corrected chi connectivity index (χ3v) is 2.80. The van der Waals surface area contributed by atoms with E-state index in [0.29, 0.717) is 0 Å². The number of hydrogen-bond donors (Lipinski definition) is 2. The number of nitrogens with zero attached hydrogens (tertiary/aromatic N) is 1. The molecule has 0 saturated heterocycles. The third kappa shape index (κ3) is 3.12. The number of carboxylic acid groups (broad SMARTS) is 1. The van der Waals surface area contributed by atoms with E-state index in [1.54, 1.807) is 32.7 Å². The second-order valence-electron chi connectivity index (χ2n) is 5.43. The molecule has 0 aromatic rings. The Labute approximate surface area is 95.8 Å². The number of aliphatic carboxylic acids is 1. The smallest absolute Gasteiger partial charge is 0.326 e. The second kappa shape index (κ2) is 4.31. The Morgan fingerprint density at radius 2 is 1.88 bits per heavy atom. The van der Waals surface area contributed by atoms with Crippen molar-refractivity contribution in [3.8, 4) is 0 Å². The van der Waals surface area contributed by atoms with E-state index < -0.39 is 17.4 Å². The van der Waals surface area contributed by atoms with Crippen LogP contribution in [0.4, 0.5) is 4.79 Å². The van der Waals surface area contributed by atoms with Crippen LogP contribution in [-0.4, -0.2) is 41.1 Å². The van der Waals surface area contributed by atoms with Crippen LogP contribution in [0.15, 0.2) is 0 Å². The zero-order valence-corrected chi connectivity index (χ0v) is 10.3. The van der Waals surface area contributed by atoms with Gasteiger partial charge in [-0.3, -0.25) is 0 Å². The van der Waals surface area contributed by atoms with Gasteiger partial charge in [0.2, 0.25) is 0 Å². The SMILES string of the molecule is CN(C(=O)N[C@H](C(=O)O)C(C)(C)C)C1CC1. The molecule has 0 aliphatic heterocycles. The monoisotopic (exact) mass is 228 g/mol. The van der Waals surface area contributed by atoms with E-state index in [2.05, 4.69) is 5.32 Å². The summed E-state index contributed by atoms with van der Waals surface area (Å²) in [5, 5.41) is 11.6. The van der Waals surface area contributed by atoms with Gasteiger partial charge in [-0.2, -0.15) is 0 Å². The first kappa shape index (κ1) is 12.8. The summed E-state index contributed by atoms with van der Waals surface area (Å²) in [5.41, 5.74) is -0.494. The van der Waals surface area contributed by atoms with Crippen LogP contribution in [0, 0.1) is 5.41 Å². The maximum absolute atomic E-state index is 11.7. The van der Waals surface area contributed by atoms with Crippen molar-refractivity contribution in [2.75, 3.05) is 7.05 Å². The van der Waals surface area contributed by atoms with Gasteiger partial charge in [0.1, 0.15) is 6.04 Å². The van der Waals surface area contributed by atoms with Crippen LogP contribution in [0.3, 0.4) is 0 Å². The van der Waals surface area contributed by atoms with Gasteiger partial charge in [0, 0.05) is 13.1 Å². The highest BCUT2D eigenvalue weighted by atomic mass is 16.4. The highest BCUT2D eigenvalue weighted by Crippen LogP contribution is 2.26. The number of rotatable bonds is 3. The number of carbonyl (C=O) groups excluding carboxylic acids is 1. The topological polar surface area (TPSA) is 69.6 Å². The van der Waals surface area contributed by atoms with Gasteiger partial charge in [0.25, 0.3) is 0 Å². The van der Waals surface area contributed by atoms with E-state index >= 15 is 0 Å². The molecule has 0 bridgehead atoms. The Hall–Kier alpha value is -1.26. The molecule has 16 heavy (non-hydrogen) atoms. The predicted octanol–water partition coefficient (Wildman–Crippen LogP) is 1.29. The summed E-state index contributed by atoms with van der Waals surface area (Å²) in [6, 6.07) is -0.875. The molecule has 0 aromatic carbocycles. The fraction of sp³-hybridized carbons (Fsp3) is 0.818. The second-order valence-corrected chi connectivity index (χ2v) is 5.43. The molecule has 0 unspecified atom stereocenters. The molecule has 1 fully saturated rings. The van der Waals surface area contributed by atoms with E-state index in [0.717, 1.165) is 12.8 Å². The Kier molecular flexibility index (Phi) is 3.45. The molecule has 1 aliphatic rings. The number of urea groups is 1. The van der Waals surface area contributed by atoms with Crippen LogP contribution in [-0.2, 0) is 4.79 Å². The lowest BCUT2D eigenvalue weighted by Gasteiger charge is -2.29. The molecule has 0 spiro atoms. The quantitative estimate of drug-likeness (QED) is 0.764. The van der Waals surface area contributed by atoms with Gasteiger partial charge in [-0.15, -0.1) is 0 Å². The van der Waals surface area contributed by atoms with Gasteiger partial charge in [-0.1, -0.05) is 20.8 Å². The predicted molar refractivity (Wildman–Crippen MR) is 60.2 cm³/mol. The van der Waals surface area contributed by atoms with Crippen LogP contribution in [0.5, 0.6) is 0 Å². The summed E-state index contributed by atoms with van der Waals surface area (Å²) >= 11 is 0. The molecular weight excluding hydrogens is 208 g/mol. The standard InChI is InChI=1S/C11H20N2O3/c1-11(2,3)8(9(14)15)12-10(16)13(4)7-5-6-7/h7-8H,5-6H2,1-4H3,(H,12,16)(H,14,15)/t8-/m1/s1. The van der Waals surface area contributed by atoms with Crippen molar-refractivity contribution in [1.82, 2.24) is 10.2 Å². The number of carboxylic acids is 1. The number of amides is 2. The normalized spacial score (nSPS) is 17.8. The van der Waals surface area contributed by atoms with Crippen molar-refractivity contribution in [3.05, 3.63) is 0 Å². The van der Waals surface area contributed by atoms with E-state index in [1.807, 2.05) is 0 Å². The Bertz CT molecular complexity index is 292. The molecule has 0 aromatic heterocycles. The molecule has 1 rings (SSSR count). The molecule has 1 atom stereocenters. The van der Waals surface area contributed by atoms with Crippen molar-refractivity contribution < 1.29 is 14.7 Å². The van der Waals surface area contributed by atoms with E-state index in [4.69, 9.17) is 5.11 Å². The number of carbonyl (C=O) groups is 2. The molecule has 92 valence electrons. The summed E-state index contributed by atoms with van der Waals surface area (Å²) < 4.78 is 0. The van der Waals surface area contributed by atoms with Crippen molar-refractivity contribution in [3.63, 3.8) is 0 Å². The molecule has 5 heteroatoms. The van der Waals surface area contributed by atoms with Gasteiger partial charge in [-0.25, -0.2) is 9.59 Å². The summed E-state index contributed by atoms with van der Waals surface area (Å²) in [5.74, 6) is -0.995. The molecule has 2 N–H and O–H groups in total. The van der Waals surface area contributed by atoms with Gasteiger partial charge >= 0.3 is 12.0 Å². The third-order valence-electron chi connectivity index (χ3n) is 2.80. The van der Waals surface area contributed by atoms with Gasteiger partial charge in [0.05, 0.1) is 0 Å². The molecule has 1 saturated carbocycles. The van der Waals surface area contributed by atoms with Crippen LogP contribution in [0.2, 0.25) is 0 Å². The Morgan fingerprint density at radius 3 is 2.19 bits per heavy atom. The Balaban J connectivity index is 2.61. The lowest BCUT2D eigenvalue weighted by Crippen LogP contribution is -2.52. The molecule has 2 amide bonds. The number of hydrogen-bond acceptors (Lipinski definition) is 2. The Morgan fingerprint density at radius 1 is 1.38 bits per heavy atom. The summed E-state index contributed by atoms with van der Waals surface area (Å²) in [7, 11) is 1.70. The fourth-order valence-corrected chi connectivity index (χ4v) is 1.50. The van der Waals surface area contributed by atoms with Crippen LogP contribution >= 0.6 is 0 Å². The first-order chi connectivity index (χ1) is 7.23. The van der Waals surface area contributed by atoms with E-state index in [9.17, 15) is 9.59 Å². The highest BCUT2D eigenvalue weighted by molar-refractivity contribution is 5.83. The van der Waals surface area contributed by atoms with Crippen molar-refractivity contribution >= 4 is 12.0 Å². The summed E-state index contributed by atoms with van der Waals surface area (Å²) in [4.78, 5) is 24.4. The first-order valence-corrected chi connectivity index (χ1v) is 5.49. The number of nitrogens with one attached hydrogen (secondary N) is 1. The largest absolute Gasteiger partial charge is 0.480 e. The van der Waals surface area contributed by atoms with Crippen molar-refractivity contribution in [2.45, 2.75) is 45.7 Å². The average molecular weight is 228 g/mol. The maximum Gasteiger partial charge on any atom is 0.326 e. The molecule has 5 nitrogen and oxygen atoms in total. The molecule has 0 radical (unpaired) electrons. The zero-order valence-electron chi connectivity index (χ0n) is 10.3. The van der Waals surface area contributed by atoms with Gasteiger partial charge in [0.15, 0.2) is 0 Å².